The smallest absolute Gasteiger partial charge is 0.261 e. The molecule has 0 spiro atoms. The molecule has 0 saturated carbocycles. The first kappa shape index (κ1) is 36.6. The van der Waals surface area contributed by atoms with Gasteiger partial charge in [0.05, 0.1) is 29.6 Å². The number of aromatic nitrogens is 2. The Kier molecular flexibility index (Phi) is 12.1. The van der Waals surface area contributed by atoms with Gasteiger partial charge in [-0.1, -0.05) is 6.07 Å². The summed E-state index contributed by atoms with van der Waals surface area (Å²) in [6.45, 7) is 12.8. The molecule has 1 aromatic carbocycles. The summed E-state index contributed by atoms with van der Waals surface area (Å²) in [5.41, 5.74) is 3.84. The van der Waals surface area contributed by atoms with Crippen LogP contribution in [0, 0.1) is 19.3 Å². The molecule has 1 aliphatic heterocycles. The number of benzene rings is 1. The lowest BCUT2D eigenvalue weighted by Gasteiger charge is -2.27. The summed E-state index contributed by atoms with van der Waals surface area (Å²) in [5.74, 6) is 0.173. The molecule has 4 heterocycles. The number of amides is 2. The lowest BCUT2D eigenvalue weighted by atomic mass is 9.90. The fourth-order valence-corrected chi connectivity index (χ4v) is 5.77. The molecule has 12 heteroatoms. The van der Waals surface area contributed by atoms with Crippen LogP contribution in [0.4, 0.5) is 11.4 Å². The van der Waals surface area contributed by atoms with Crippen LogP contribution in [0.25, 0.3) is 11.0 Å². The lowest BCUT2D eigenvalue weighted by molar-refractivity contribution is -0.137. The minimum atomic E-state index is -1.16. The molecule has 248 valence electrons. The van der Waals surface area contributed by atoms with Gasteiger partial charge in [0.25, 0.3) is 5.56 Å². The number of rotatable bonds is 11. The van der Waals surface area contributed by atoms with E-state index in [0.29, 0.717) is 60.9 Å². The van der Waals surface area contributed by atoms with Crippen LogP contribution in [-0.4, -0.2) is 59.6 Å². The van der Waals surface area contributed by atoms with Crippen LogP contribution in [0.3, 0.4) is 0 Å². The largest absolute Gasteiger partial charge is 0.493 e. The molecular formula is C34H43Cl2N5O5. The number of hydrogen-bond donors (Lipinski definition) is 0. The van der Waals surface area contributed by atoms with Crippen molar-refractivity contribution in [1.82, 2.24) is 14.5 Å². The molecule has 0 bridgehead atoms. The van der Waals surface area contributed by atoms with Gasteiger partial charge >= 0.3 is 0 Å². The van der Waals surface area contributed by atoms with Crippen LogP contribution in [-0.2, 0) is 22.7 Å². The molecule has 1 aliphatic rings. The summed E-state index contributed by atoms with van der Waals surface area (Å²) in [6, 6.07) is 13.2. The maximum atomic E-state index is 13.2. The van der Waals surface area contributed by atoms with E-state index >= 15 is 0 Å². The highest BCUT2D eigenvalue weighted by molar-refractivity contribution is 6.20. The molecule has 0 N–H and O–H groups in total. The van der Waals surface area contributed by atoms with Crippen molar-refractivity contribution < 1.29 is 18.7 Å². The van der Waals surface area contributed by atoms with Gasteiger partial charge in [-0.3, -0.25) is 24.3 Å². The summed E-state index contributed by atoms with van der Waals surface area (Å²) in [7, 11) is 1.70. The molecule has 4 aromatic rings. The average Bonchev–Trinajstić information content (AvgIpc) is 3.48. The van der Waals surface area contributed by atoms with Gasteiger partial charge in [-0.25, -0.2) is 0 Å². The number of halogens is 2. The number of carbonyl (C=O) groups excluding carboxylic acids is 2. The van der Waals surface area contributed by atoms with Gasteiger partial charge < -0.3 is 23.5 Å². The Labute approximate surface area is 282 Å². The molecule has 0 aliphatic carbocycles. The number of ether oxygens (including phenoxy) is 1. The number of anilines is 2. The molecule has 0 atom stereocenters. The fourth-order valence-electron chi connectivity index (χ4n) is 5.77. The Morgan fingerprint density at radius 2 is 1.72 bits per heavy atom. The molecule has 0 unspecified atom stereocenters. The number of fused-ring (bicyclic) bond motifs is 2. The van der Waals surface area contributed by atoms with Gasteiger partial charge in [-0.2, -0.15) is 0 Å². The molecule has 0 saturated heterocycles. The number of hydrogen-bond acceptors (Lipinski definition) is 7. The molecule has 0 fully saturated rings. The number of aryl methyl sites for hydroxylation is 2. The van der Waals surface area contributed by atoms with Crippen LogP contribution in [0.15, 0.2) is 64.1 Å². The zero-order chi connectivity index (χ0) is 31.6. The molecule has 46 heavy (non-hydrogen) atoms. The minimum absolute atomic E-state index is 0. The van der Waals surface area contributed by atoms with Gasteiger partial charge in [0.2, 0.25) is 11.8 Å². The topological polar surface area (TPSA) is 101 Å². The standard InChI is InChI=1S/C34H41N5O5.2ClH/c1-7-39-28-12-11-26(21-29(28)36(6)32(41)34(4,5)33(39)42)43-19-8-15-37(22-25-10-9-23(2)35-24(25)3)17-18-38-16-13-30-27(31(38)40)14-20-44-30;;/h9-14,16,20-21H,7-8,15,17-19,22H2,1-6H3;2*1H. The molecule has 3 aromatic heterocycles. The van der Waals surface area contributed by atoms with Crippen molar-refractivity contribution >= 4 is 59.0 Å². The lowest BCUT2D eigenvalue weighted by Crippen LogP contribution is -2.47. The Balaban J connectivity index is 0.00000288. The first-order valence-corrected chi connectivity index (χ1v) is 15.1. The fraction of sp³-hybridized carbons (Fsp3) is 0.412. The van der Waals surface area contributed by atoms with Crippen molar-refractivity contribution in [1.29, 1.82) is 0 Å². The van der Waals surface area contributed by atoms with Crippen LogP contribution >= 0.6 is 24.8 Å². The molecule has 10 nitrogen and oxygen atoms in total. The van der Waals surface area contributed by atoms with Crippen molar-refractivity contribution in [2.45, 2.75) is 54.1 Å². The highest BCUT2D eigenvalue weighted by atomic mass is 35.5. The third-order valence-electron chi connectivity index (χ3n) is 8.40. The van der Waals surface area contributed by atoms with Crippen molar-refractivity contribution in [3.8, 4) is 5.75 Å². The zero-order valence-electron chi connectivity index (χ0n) is 27.2. The maximum absolute atomic E-state index is 13.2. The monoisotopic (exact) mass is 671 g/mol. The normalized spacial score (nSPS) is 14.2. The highest BCUT2D eigenvalue weighted by Gasteiger charge is 2.45. The summed E-state index contributed by atoms with van der Waals surface area (Å²) >= 11 is 0. The Morgan fingerprint density at radius 3 is 2.43 bits per heavy atom. The first-order chi connectivity index (χ1) is 21.0. The number of furan rings is 1. The van der Waals surface area contributed by atoms with E-state index in [-0.39, 0.29) is 42.2 Å². The number of pyridine rings is 2. The maximum Gasteiger partial charge on any atom is 0.261 e. The summed E-state index contributed by atoms with van der Waals surface area (Å²) in [5, 5.41) is 0.578. The van der Waals surface area contributed by atoms with Crippen LogP contribution in [0.2, 0.25) is 0 Å². The van der Waals surface area contributed by atoms with E-state index in [0.717, 1.165) is 29.9 Å². The van der Waals surface area contributed by atoms with Gasteiger partial charge in [-0.15, -0.1) is 24.8 Å². The quantitative estimate of drug-likeness (QED) is 0.147. The van der Waals surface area contributed by atoms with Crippen LogP contribution in [0.5, 0.6) is 5.75 Å². The molecule has 0 radical (unpaired) electrons. The van der Waals surface area contributed by atoms with E-state index in [2.05, 4.69) is 16.0 Å². The van der Waals surface area contributed by atoms with E-state index < -0.39 is 5.41 Å². The van der Waals surface area contributed by atoms with Crippen molar-refractivity contribution in [3.63, 3.8) is 0 Å². The van der Waals surface area contributed by atoms with E-state index in [4.69, 9.17) is 9.15 Å². The second kappa shape index (κ2) is 15.2. The van der Waals surface area contributed by atoms with Gasteiger partial charge in [0.15, 0.2) is 0 Å². The SMILES string of the molecule is CCN1C(=O)C(C)(C)C(=O)N(C)c2cc(OCCCN(CCn3ccc4occc4c3=O)Cc3ccc(C)nc3C)ccc21.Cl.Cl. The number of carbonyl (C=O) groups is 2. The van der Waals surface area contributed by atoms with E-state index in [1.807, 2.05) is 51.1 Å². The molecule has 5 rings (SSSR count). The molecular weight excluding hydrogens is 629 g/mol. The van der Waals surface area contributed by atoms with E-state index in [1.54, 1.807) is 47.5 Å². The van der Waals surface area contributed by atoms with Gasteiger partial charge in [-0.05, 0) is 76.9 Å². The Morgan fingerprint density at radius 1 is 0.957 bits per heavy atom. The van der Waals surface area contributed by atoms with Gasteiger partial charge in [0, 0.05) is 63.4 Å². The predicted molar refractivity (Wildman–Crippen MR) is 186 cm³/mol. The first-order valence-electron chi connectivity index (χ1n) is 15.1. The second-order valence-corrected chi connectivity index (χ2v) is 11.9. The van der Waals surface area contributed by atoms with Crippen molar-refractivity contribution in [2.75, 3.05) is 43.1 Å². The van der Waals surface area contributed by atoms with E-state index in [9.17, 15) is 14.4 Å². The number of nitrogens with zero attached hydrogens (tertiary/aromatic N) is 5. The third-order valence-corrected chi connectivity index (χ3v) is 8.40. The Hall–Kier alpha value is -3.86. The average molecular weight is 673 g/mol. The minimum Gasteiger partial charge on any atom is -0.493 e. The summed E-state index contributed by atoms with van der Waals surface area (Å²) in [4.78, 5) is 49.4. The molecule has 2 amide bonds. The zero-order valence-corrected chi connectivity index (χ0v) is 28.9. The highest BCUT2D eigenvalue weighted by Crippen LogP contribution is 2.40. The van der Waals surface area contributed by atoms with Crippen LogP contribution < -0.4 is 20.1 Å². The van der Waals surface area contributed by atoms with Gasteiger partial charge in [0.1, 0.15) is 16.7 Å². The predicted octanol–water partition coefficient (Wildman–Crippen LogP) is 5.78. The summed E-state index contributed by atoms with van der Waals surface area (Å²) in [6.07, 6.45) is 4.06. The third kappa shape index (κ3) is 7.40. The van der Waals surface area contributed by atoms with Crippen LogP contribution in [0.1, 0.15) is 44.1 Å². The Bertz CT molecular complexity index is 1750. The van der Waals surface area contributed by atoms with Crippen molar-refractivity contribution in [3.05, 3.63) is 82.2 Å². The van der Waals surface area contributed by atoms with Crippen molar-refractivity contribution in [2.24, 2.45) is 5.41 Å². The van der Waals surface area contributed by atoms with E-state index in [1.165, 1.54) is 6.26 Å². The second-order valence-electron chi connectivity index (χ2n) is 11.9. The summed E-state index contributed by atoms with van der Waals surface area (Å²) < 4.78 is 13.3.